The van der Waals surface area contributed by atoms with Crippen LogP contribution in [0.3, 0.4) is 0 Å². The van der Waals surface area contributed by atoms with Crippen molar-refractivity contribution < 1.29 is 13.9 Å². The van der Waals surface area contributed by atoms with Crippen LogP contribution in [0.2, 0.25) is 5.02 Å². The number of hydrogen-bond acceptors (Lipinski definition) is 2. The van der Waals surface area contributed by atoms with Crippen molar-refractivity contribution in [2.24, 2.45) is 5.92 Å². The van der Waals surface area contributed by atoms with Gasteiger partial charge in [0.05, 0.1) is 12.2 Å². The number of nitrogens with one attached hydrogen (secondary N) is 1. The van der Waals surface area contributed by atoms with Crippen molar-refractivity contribution in [3.8, 4) is 0 Å². The lowest BCUT2D eigenvalue weighted by Crippen LogP contribution is -2.33. The molecule has 3 nitrogen and oxygen atoms in total. The highest BCUT2D eigenvalue weighted by Gasteiger charge is 2.17. The molecule has 18 heavy (non-hydrogen) atoms. The highest BCUT2D eigenvalue weighted by atomic mass is 35.5. The summed E-state index contributed by atoms with van der Waals surface area (Å²) in [5.74, 6) is -0.678. The molecular weight excluding hydrogens is 257 g/mol. The Balaban J connectivity index is 1.92. The number of carbonyl (C=O) groups is 1. The maximum Gasteiger partial charge on any atom is 0.254 e. The fraction of sp³-hybridized carbons (Fsp3) is 0.462. The van der Waals surface area contributed by atoms with Crippen molar-refractivity contribution >= 4 is 17.5 Å². The van der Waals surface area contributed by atoms with E-state index in [0.717, 1.165) is 19.4 Å². The summed E-state index contributed by atoms with van der Waals surface area (Å²) >= 11 is 5.74. The van der Waals surface area contributed by atoms with E-state index in [0.29, 0.717) is 24.1 Å². The van der Waals surface area contributed by atoms with Crippen molar-refractivity contribution in [2.45, 2.75) is 12.8 Å². The lowest BCUT2D eigenvalue weighted by Gasteiger charge is -2.22. The molecule has 0 radical (unpaired) electrons. The second-order valence-electron chi connectivity index (χ2n) is 4.42. The van der Waals surface area contributed by atoms with Crippen molar-refractivity contribution in [1.29, 1.82) is 0 Å². The molecule has 0 spiro atoms. The maximum atomic E-state index is 13.4. The van der Waals surface area contributed by atoms with Gasteiger partial charge in [-0.15, -0.1) is 0 Å². The number of carbonyl (C=O) groups excluding carboxylic acids is 1. The number of benzene rings is 1. The largest absolute Gasteiger partial charge is 0.381 e. The van der Waals surface area contributed by atoms with Crippen molar-refractivity contribution in [1.82, 2.24) is 5.32 Å². The van der Waals surface area contributed by atoms with Gasteiger partial charge >= 0.3 is 0 Å². The van der Waals surface area contributed by atoms with Gasteiger partial charge in [0.25, 0.3) is 5.91 Å². The first-order valence-corrected chi connectivity index (χ1v) is 6.35. The third kappa shape index (κ3) is 3.43. The third-order valence-electron chi connectivity index (χ3n) is 2.98. The minimum atomic E-state index is -0.559. The lowest BCUT2D eigenvalue weighted by atomic mass is 10.0. The van der Waals surface area contributed by atoms with Crippen molar-refractivity contribution in [2.75, 3.05) is 19.8 Å². The normalized spacial score (nSPS) is 19.6. The Hall–Kier alpha value is -1.13. The van der Waals surface area contributed by atoms with Gasteiger partial charge in [-0.2, -0.15) is 0 Å². The Kier molecular flexibility index (Phi) is 4.55. The van der Waals surface area contributed by atoms with Gasteiger partial charge < -0.3 is 10.1 Å². The van der Waals surface area contributed by atoms with Crippen LogP contribution in [0.15, 0.2) is 18.2 Å². The predicted molar refractivity (Wildman–Crippen MR) is 67.3 cm³/mol. The zero-order valence-corrected chi connectivity index (χ0v) is 10.7. The smallest absolute Gasteiger partial charge is 0.254 e. The fourth-order valence-corrected chi connectivity index (χ4v) is 2.14. The number of rotatable bonds is 3. The number of ether oxygens (including phenoxy) is 1. The molecule has 2 rings (SSSR count). The van der Waals surface area contributed by atoms with E-state index in [1.807, 2.05) is 0 Å². The molecule has 5 heteroatoms. The van der Waals surface area contributed by atoms with Gasteiger partial charge in [0.2, 0.25) is 0 Å². The lowest BCUT2D eigenvalue weighted by molar-refractivity contribution is 0.0536. The monoisotopic (exact) mass is 271 g/mol. The first-order valence-electron chi connectivity index (χ1n) is 5.98. The molecule has 1 fully saturated rings. The molecule has 1 amide bonds. The Morgan fingerprint density at radius 1 is 1.56 bits per heavy atom. The van der Waals surface area contributed by atoms with Crippen LogP contribution in [0, 0.1) is 11.7 Å². The molecule has 1 N–H and O–H groups in total. The van der Waals surface area contributed by atoms with Gasteiger partial charge in [0.15, 0.2) is 0 Å². The third-order valence-corrected chi connectivity index (χ3v) is 3.21. The molecule has 98 valence electrons. The highest BCUT2D eigenvalue weighted by molar-refractivity contribution is 6.30. The van der Waals surface area contributed by atoms with Crippen LogP contribution < -0.4 is 5.32 Å². The first kappa shape index (κ1) is 13.3. The van der Waals surface area contributed by atoms with E-state index in [1.54, 1.807) is 0 Å². The molecule has 0 bridgehead atoms. The van der Waals surface area contributed by atoms with Crippen LogP contribution >= 0.6 is 11.6 Å². The van der Waals surface area contributed by atoms with Crippen LogP contribution in [-0.2, 0) is 4.74 Å². The van der Waals surface area contributed by atoms with Gasteiger partial charge in [-0.1, -0.05) is 11.6 Å². The fourth-order valence-electron chi connectivity index (χ4n) is 1.97. The van der Waals surface area contributed by atoms with Gasteiger partial charge in [0.1, 0.15) is 5.82 Å². The summed E-state index contributed by atoms with van der Waals surface area (Å²) in [7, 11) is 0. The van der Waals surface area contributed by atoms with Crippen LogP contribution in [0.5, 0.6) is 0 Å². The second kappa shape index (κ2) is 6.16. The topological polar surface area (TPSA) is 38.3 Å². The maximum absolute atomic E-state index is 13.4. The van der Waals surface area contributed by atoms with E-state index in [1.165, 1.54) is 18.2 Å². The SMILES string of the molecule is O=C(NCC1CCCOC1)c1cc(Cl)ccc1F. The number of amides is 1. The van der Waals surface area contributed by atoms with E-state index in [4.69, 9.17) is 16.3 Å². The van der Waals surface area contributed by atoms with Gasteiger partial charge in [-0.25, -0.2) is 4.39 Å². The average Bonchev–Trinajstić information content (AvgIpc) is 2.40. The van der Waals surface area contributed by atoms with Gasteiger partial charge in [-0.3, -0.25) is 4.79 Å². The van der Waals surface area contributed by atoms with Crippen LogP contribution in [0.4, 0.5) is 4.39 Å². The minimum absolute atomic E-state index is 0.0146. The molecule has 1 aromatic carbocycles. The Bertz CT molecular complexity index is 433. The summed E-state index contributed by atoms with van der Waals surface area (Å²) in [5, 5.41) is 3.07. The quantitative estimate of drug-likeness (QED) is 0.918. The van der Waals surface area contributed by atoms with E-state index < -0.39 is 11.7 Å². The average molecular weight is 272 g/mol. The molecule has 1 saturated heterocycles. The summed E-state index contributed by atoms with van der Waals surface area (Å²) in [6.45, 7) is 1.94. The summed E-state index contributed by atoms with van der Waals surface area (Å²) in [5.41, 5.74) is -0.0146. The van der Waals surface area contributed by atoms with Gasteiger partial charge in [-0.05, 0) is 37.0 Å². The first-order chi connectivity index (χ1) is 8.66. The zero-order chi connectivity index (χ0) is 13.0. The molecule has 0 saturated carbocycles. The zero-order valence-electron chi connectivity index (χ0n) is 9.92. The summed E-state index contributed by atoms with van der Waals surface area (Å²) in [6.07, 6.45) is 2.03. The molecule has 1 atom stereocenters. The Labute approximate surface area is 110 Å². The second-order valence-corrected chi connectivity index (χ2v) is 4.85. The van der Waals surface area contributed by atoms with E-state index in [2.05, 4.69) is 5.32 Å². The molecule has 1 aromatic rings. The Morgan fingerprint density at radius 2 is 2.39 bits per heavy atom. The highest BCUT2D eigenvalue weighted by Crippen LogP contribution is 2.16. The number of hydrogen-bond donors (Lipinski definition) is 1. The minimum Gasteiger partial charge on any atom is -0.381 e. The molecule has 1 unspecified atom stereocenters. The molecule has 1 heterocycles. The van der Waals surface area contributed by atoms with Gasteiger partial charge in [0, 0.05) is 18.2 Å². The molecule has 1 aliphatic heterocycles. The van der Waals surface area contributed by atoms with Crippen molar-refractivity contribution in [3.05, 3.63) is 34.6 Å². The summed E-state index contributed by atoms with van der Waals surface area (Å²) in [6, 6.07) is 3.95. The van der Waals surface area contributed by atoms with Crippen LogP contribution in [0.25, 0.3) is 0 Å². The van der Waals surface area contributed by atoms with Crippen LogP contribution in [0.1, 0.15) is 23.2 Å². The molecule has 0 aliphatic carbocycles. The summed E-state index contributed by atoms with van der Waals surface area (Å²) in [4.78, 5) is 11.8. The van der Waals surface area contributed by atoms with E-state index in [-0.39, 0.29) is 5.56 Å². The van der Waals surface area contributed by atoms with Crippen molar-refractivity contribution in [3.63, 3.8) is 0 Å². The number of halogens is 2. The van der Waals surface area contributed by atoms with E-state index >= 15 is 0 Å². The van der Waals surface area contributed by atoms with E-state index in [9.17, 15) is 9.18 Å². The molecule has 1 aliphatic rings. The Morgan fingerprint density at radius 3 is 3.11 bits per heavy atom. The predicted octanol–water partition coefficient (Wildman–Crippen LogP) is 2.64. The standard InChI is InChI=1S/C13H15ClFNO2/c14-10-3-4-12(15)11(6-10)13(17)16-7-9-2-1-5-18-8-9/h3-4,6,9H,1-2,5,7-8H2,(H,16,17). The molecule has 0 aromatic heterocycles. The molecular formula is C13H15ClFNO2. The van der Waals surface area contributed by atoms with Crippen LogP contribution in [-0.4, -0.2) is 25.7 Å². The summed E-state index contributed by atoms with van der Waals surface area (Å²) < 4.78 is 18.8.